The van der Waals surface area contributed by atoms with E-state index in [1.54, 1.807) is 36.4 Å². The molecule has 0 bridgehead atoms. The molecule has 6 aromatic carbocycles. The molecule has 0 aliphatic carbocycles. The van der Waals surface area contributed by atoms with Crippen LogP contribution in [0.1, 0.15) is 53.0 Å². The number of aryl methyl sites for hydroxylation is 1. The lowest BCUT2D eigenvalue weighted by Crippen LogP contribution is -2.53. The molecule has 0 saturated carbocycles. The summed E-state index contributed by atoms with van der Waals surface area (Å²) in [6.07, 6.45) is -2.01. The van der Waals surface area contributed by atoms with Gasteiger partial charge >= 0.3 is 7.60 Å². The number of fused-ring (bicyclic) bond motifs is 1. The van der Waals surface area contributed by atoms with Crippen molar-refractivity contribution in [1.82, 2.24) is 4.72 Å². The van der Waals surface area contributed by atoms with Gasteiger partial charge in [0.05, 0.1) is 4.90 Å². The van der Waals surface area contributed by atoms with Crippen molar-refractivity contribution < 1.29 is 31.5 Å². The van der Waals surface area contributed by atoms with Gasteiger partial charge in [-0.3, -0.25) is 13.6 Å². The Balaban J connectivity index is 1.49. The van der Waals surface area contributed by atoms with Gasteiger partial charge in [0.25, 0.3) is 0 Å². The highest BCUT2D eigenvalue weighted by Crippen LogP contribution is 2.73. The molecule has 2 fully saturated rings. The first-order valence-electron chi connectivity index (χ1n) is 18.2. The van der Waals surface area contributed by atoms with Gasteiger partial charge in [-0.1, -0.05) is 169 Å². The zero-order valence-electron chi connectivity index (χ0n) is 30.7. The number of hydrogen-bond donors (Lipinski definition) is 1. The van der Waals surface area contributed by atoms with Crippen molar-refractivity contribution in [1.29, 1.82) is 0 Å². The van der Waals surface area contributed by atoms with Crippen LogP contribution >= 0.6 is 7.60 Å². The van der Waals surface area contributed by atoms with Crippen molar-refractivity contribution in [2.24, 2.45) is 0 Å². The van der Waals surface area contributed by atoms with E-state index in [4.69, 9.17) is 18.5 Å². The van der Waals surface area contributed by atoms with Crippen LogP contribution in [0.4, 0.5) is 0 Å². The molecule has 3 atom stereocenters. The van der Waals surface area contributed by atoms with Crippen LogP contribution in [-0.2, 0) is 44.3 Å². The summed E-state index contributed by atoms with van der Waals surface area (Å²) in [5.41, 5.74) is 0.382. The van der Waals surface area contributed by atoms with Crippen LogP contribution in [0.3, 0.4) is 0 Å². The Morgan fingerprint density at radius 2 is 0.891 bits per heavy atom. The van der Waals surface area contributed by atoms with Gasteiger partial charge in [0.2, 0.25) is 10.0 Å². The van der Waals surface area contributed by atoms with E-state index in [2.05, 4.69) is 4.72 Å². The summed E-state index contributed by atoms with van der Waals surface area (Å²) in [5.74, 6) is -2.72. The highest BCUT2D eigenvalue weighted by Gasteiger charge is 2.70. The molecular formula is C45H42NO7PS. The van der Waals surface area contributed by atoms with Crippen LogP contribution in [0.2, 0.25) is 0 Å². The first-order chi connectivity index (χ1) is 26.5. The van der Waals surface area contributed by atoms with Gasteiger partial charge in [-0.25, -0.2) is 8.42 Å². The molecular weight excluding hydrogens is 730 g/mol. The van der Waals surface area contributed by atoms with E-state index in [1.165, 1.54) is 12.1 Å². The monoisotopic (exact) mass is 771 g/mol. The molecule has 0 aromatic heterocycles. The number of sulfonamides is 1. The molecule has 8 nitrogen and oxygen atoms in total. The van der Waals surface area contributed by atoms with Crippen molar-refractivity contribution in [3.05, 3.63) is 209 Å². The predicted octanol–water partition coefficient (Wildman–Crippen LogP) is 9.62. The first kappa shape index (κ1) is 37.2. The Morgan fingerprint density at radius 1 is 0.545 bits per heavy atom. The molecule has 2 heterocycles. The van der Waals surface area contributed by atoms with Crippen LogP contribution in [0, 0.1) is 6.92 Å². The standard InChI is InChI=1S/C45H42NO7PS/c1-33-29-31-39(32-30-33)55(48,49)46-42(34-19-9-4-10-20-34)54(47)52-44(35-21-11-5-12-22-35,36-23-13-6-14-24-36)40-41(51-43(2,3)50-40)45(53-54,37-25-15-7-16-26-37)38-27-17-8-18-28-38/h4-32,40-42,46H,1-3H3/t40-,41-,42-/m1/s1. The third-order valence-corrected chi connectivity index (χ3v) is 14.0. The highest BCUT2D eigenvalue weighted by molar-refractivity contribution is 7.89. The van der Waals surface area contributed by atoms with Crippen LogP contribution < -0.4 is 4.72 Å². The number of ether oxygens (including phenoxy) is 2. The second kappa shape index (κ2) is 14.4. The quantitative estimate of drug-likeness (QED) is 0.146. The zero-order chi connectivity index (χ0) is 38.3. The average molecular weight is 772 g/mol. The number of nitrogens with one attached hydrogen (secondary N) is 1. The molecule has 0 radical (unpaired) electrons. The van der Waals surface area contributed by atoms with E-state index < -0.39 is 52.6 Å². The predicted molar refractivity (Wildman–Crippen MR) is 212 cm³/mol. The molecule has 280 valence electrons. The molecule has 1 N–H and O–H groups in total. The summed E-state index contributed by atoms with van der Waals surface area (Å²) in [6.45, 7) is 5.56. The van der Waals surface area contributed by atoms with Crippen molar-refractivity contribution in [2.45, 2.75) is 60.6 Å². The van der Waals surface area contributed by atoms with Crippen molar-refractivity contribution in [3.63, 3.8) is 0 Å². The maximum atomic E-state index is 17.0. The fraction of sp³-hybridized carbons (Fsp3) is 0.200. The topological polar surface area (TPSA) is 100 Å². The first-order valence-corrected chi connectivity index (χ1v) is 21.3. The summed E-state index contributed by atoms with van der Waals surface area (Å²) in [6, 6.07) is 53.1. The van der Waals surface area contributed by atoms with Crippen LogP contribution in [0.15, 0.2) is 181 Å². The second-order valence-electron chi connectivity index (χ2n) is 14.4. The number of rotatable bonds is 9. The SMILES string of the molecule is Cc1ccc(S(=O)(=O)N[C@@H](c2ccccc2)P2(=O)OC(c3ccccc3)(c3ccccc3)[C@@H]3OC(C)(C)O[C@H]3C(c3ccccc3)(c3ccccc3)O2)cc1. The molecule has 55 heavy (non-hydrogen) atoms. The third-order valence-electron chi connectivity index (χ3n) is 10.3. The van der Waals surface area contributed by atoms with Gasteiger partial charge in [0.15, 0.2) is 17.0 Å². The Hall–Kier alpha value is -4.70. The maximum Gasteiger partial charge on any atom is 0.355 e. The summed E-state index contributed by atoms with van der Waals surface area (Å²) < 4.78 is 77.6. The lowest BCUT2D eigenvalue weighted by Gasteiger charge is -2.41. The normalized spacial score (nSPS) is 21.5. The molecule has 2 saturated heterocycles. The molecule has 10 heteroatoms. The molecule has 0 spiro atoms. The number of hydrogen-bond acceptors (Lipinski definition) is 7. The fourth-order valence-electron chi connectivity index (χ4n) is 7.81. The zero-order valence-corrected chi connectivity index (χ0v) is 32.4. The maximum absolute atomic E-state index is 17.0. The Morgan fingerprint density at radius 3 is 1.25 bits per heavy atom. The number of benzene rings is 6. The lowest BCUT2D eigenvalue weighted by molar-refractivity contribution is -0.176. The Kier molecular flexibility index (Phi) is 9.76. The minimum Gasteiger partial charge on any atom is -0.341 e. The lowest BCUT2D eigenvalue weighted by atomic mass is 9.72. The summed E-state index contributed by atoms with van der Waals surface area (Å²) >= 11 is 0. The summed E-state index contributed by atoms with van der Waals surface area (Å²) in [5, 5.41) is 0. The molecule has 2 aliphatic rings. The third kappa shape index (κ3) is 6.70. The minimum absolute atomic E-state index is 0.000466. The summed E-state index contributed by atoms with van der Waals surface area (Å²) in [7, 11) is -9.21. The molecule has 0 unspecified atom stereocenters. The van der Waals surface area contributed by atoms with E-state index in [9.17, 15) is 8.42 Å². The molecule has 0 amide bonds. The van der Waals surface area contributed by atoms with Gasteiger partial charge in [-0.05, 0) is 60.7 Å². The van der Waals surface area contributed by atoms with Gasteiger partial charge < -0.3 is 9.47 Å². The highest BCUT2D eigenvalue weighted by atomic mass is 32.2. The van der Waals surface area contributed by atoms with Crippen molar-refractivity contribution >= 4 is 17.6 Å². The largest absolute Gasteiger partial charge is 0.355 e. The second-order valence-corrected chi connectivity index (χ2v) is 18.1. The van der Waals surface area contributed by atoms with Crippen LogP contribution in [-0.4, -0.2) is 26.4 Å². The van der Waals surface area contributed by atoms with Crippen LogP contribution in [0.25, 0.3) is 0 Å². The van der Waals surface area contributed by atoms with Gasteiger partial charge in [-0.15, -0.1) is 0 Å². The molecule has 8 rings (SSSR count). The van der Waals surface area contributed by atoms with Gasteiger partial charge in [0.1, 0.15) is 18.0 Å². The smallest absolute Gasteiger partial charge is 0.341 e. The van der Waals surface area contributed by atoms with E-state index >= 15 is 4.57 Å². The van der Waals surface area contributed by atoms with Crippen molar-refractivity contribution in [2.75, 3.05) is 0 Å². The molecule has 6 aromatic rings. The average Bonchev–Trinajstić information content (AvgIpc) is 3.51. The van der Waals surface area contributed by atoms with E-state index in [-0.39, 0.29) is 4.90 Å². The van der Waals surface area contributed by atoms with Crippen molar-refractivity contribution in [3.8, 4) is 0 Å². The Bertz CT molecular complexity index is 2210. The van der Waals surface area contributed by atoms with E-state index in [0.29, 0.717) is 27.8 Å². The van der Waals surface area contributed by atoms with Gasteiger partial charge in [0, 0.05) is 0 Å². The molecule has 2 aliphatic heterocycles. The summed E-state index contributed by atoms with van der Waals surface area (Å²) in [4.78, 5) is 0.000466. The van der Waals surface area contributed by atoms with Gasteiger partial charge in [-0.2, -0.15) is 4.72 Å². The van der Waals surface area contributed by atoms with Crippen LogP contribution in [0.5, 0.6) is 0 Å². The van der Waals surface area contributed by atoms with E-state index in [1.807, 2.05) is 148 Å². The minimum atomic E-state index is -4.87. The van der Waals surface area contributed by atoms with E-state index in [0.717, 1.165) is 5.56 Å². The fourth-order valence-corrected chi connectivity index (χ4v) is 12.0. The Labute approximate surface area is 322 Å².